The summed E-state index contributed by atoms with van der Waals surface area (Å²) in [6.07, 6.45) is 4.13. The fourth-order valence-corrected chi connectivity index (χ4v) is 3.85. The highest BCUT2D eigenvalue weighted by Gasteiger charge is 2.23. The van der Waals surface area contributed by atoms with Crippen LogP contribution in [0.2, 0.25) is 5.02 Å². The molecule has 4 N–H and O–H groups in total. The summed E-state index contributed by atoms with van der Waals surface area (Å²) in [5.41, 5.74) is 9.76. The van der Waals surface area contributed by atoms with Gasteiger partial charge >= 0.3 is 0 Å². The third-order valence-corrected chi connectivity index (χ3v) is 5.53. The predicted octanol–water partition coefficient (Wildman–Crippen LogP) is 3.79. The van der Waals surface area contributed by atoms with E-state index in [-0.39, 0.29) is 5.91 Å². The summed E-state index contributed by atoms with van der Waals surface area (Å²) in [4.78, 5) is 17.2. The zero-order chi connectivity index (χ0) is 19.0. The number of nitrogens with zero attached hydrogens (tertiary/aromatic N) is 1. The molecule has 1 aliphatic heterocycles. The van der Waals surface area contributed by atoms with E-state index in [9.17, 15) is 4.79 Å². The van der Waals surface area contributed by atoms with E-state index in [0.717, 1.165) is 41.4 Å². The average Bonchev–Trinajstić information content (AvgIpc) is 2.63. The second-order valence-corrected chi connectivity index (χ2v) is 7.42. The maximum Gasteiger partial charge on any atom is 0.257 e. The summed E-state index contributed by atoms with van der Waals surface area (Å²) in [5, 5.41) is 8.54. The number of anilines is 2. The molecule has 0 bridgehead atoms. The first kappa shape index (κ1) is 17.8. The number of hydrogen-bond acceptors (Lipinski definition) is 4. The number of aromatic nitrogens is 1. The summed E-state index contributed by atoms with van der Waals surface area (Å²) in [5.74, 6) is 0.295. The number of hydrogen-bond donors (Lipinski definition) is 3. The highest BCUT2D eigenvalue weighted by Crippen LogP contribution is 2.36. The van der Waals surface area contributed by atoms with Gasteiger partial charge in [-0.3, -0.25) is 9.78 Å². The Bertz CT molecular complexity index is 1020. The lowest BCUT2D eigenvalue weighted by molar-refractivity contribution is 0.102. The average molecular weight is 381 g/mol. The standard InChI is InChI=1S/C21H21ClN4O/c1-12-6-18(23)16(7-13-8-24-9-13)19(22)20(12)26-21(27)17-11-25-10-14-4-2-3-5-15(14)17/h2-6,10-11,13,24H,7-9,23H2,1H3,(H,26,27). The lowest BCUT2D eigenvalue weighted by Crippen LogP contribution is -2.43. The Morgan fingerprint density at radius 1 is 1.33 bits per heavy atom. The molecule has 1 fully saturated rings. The molecule has 4 rings (SSSR count). The lowest BCUT2D eigenvalue weighted by Gasteiger charge is -2.28. The summed E-state index contributed by atoms with van der Waals surface area (Å²) in [6.45, 7) is 3.83. The quantitative estimate of drug-likeness (QED) is 0.601. The first-order chi connectivity index (χ1) is 13.0. The first-order valence-corrected chi connectivity index (χ1v) is 9.34. The number of nitrogen functional groups attached to an aromatic ring is 1. The van der Waals surface area contributed by atoms with Gasteiger partial charge in [-0.1, -0.05) is 35.9 Å². The minimum absolute atomic E-state index is 0.231. The van der Waals surface area contributed by atoms with Crippen molar-refractivity contribution >= 4 is 39.7 Å². The number of rotatable bonds is 4. The van der Waals surface area contributed by atoms with Crippen molar-refractivity contribution in [2.75, 3.05) is 24.1 Å². The van der Waals surface area contributed by atoms with Gasteiger partial charge in [0.1, 0.15) is 0 Å². The largest absolute Gasteiger partial charge is 0.398 e. The molecule has 3 aromatic rings. The number of pyridine rings is 1. The number of fused-ring (bicyclic) bond motifs is 1. The highest BCUT2D eigenvalue weighted by atomic mass is 35.5. The van der Waals surface area contributed by atoms with Crippen molar-refractivity contribution in [1.82, 2.24) is 10.3 Å². The first-order valence-electron chi connectivity index (χ1n) is 8.97. The van der Waals surface area contributed by atoms with Crippen LogP contribution in [0.4, 0.5) is 11.4 Å². The van der Waals surface area contributed by atoms with Gasteiger partial charge in [0.2, 0.25) is 0 Å². The van der Waals surface area contributed by atoms with Crippen molar-refractivity contribution in [2.45, 2.75) is 13.3 Å². The molecule has 0 aliphatic carbocycles. The van der Waals surface area contributed by atoms with Gasteiger partial charge in [0.05, 0.1) is 16.3 Å². The van der Waals surface area contributed by atoms with Crippen molar-refractivity contribution in [1.29, 1.82) is 0 Å². The second-order valence-electron chi connectivity index (χ2n) is 7.04. The van der Waals surface area contributed by atoms with E-state index in [2.05, 4.69) is 15.6 Å². The zero-order valence-corrected chi connectivity index (χ0v) is 15.8. The van der Waals surface area contributed by atoms with E-state index >= 15 is 0 Å². The number of benzene rings is 2. The van der Waals surface area contributed by atoms with Gasteiger partial charge in [-0.25, -0.2) is 0 Å². The molecule has 1 saturated heterocycles. The van der Waals surface area contributed by atoms with Crippen LogP contribution < -0.4 is 16.4 Å². The summed E-state index contributed by atoms with van der Waals surface area (Å²) in [6, 6.07) is 9.56. The Morgan fingerprint density at radius 3 is 2.85 bits per heavy atom. The highest BCUT2D eigenvalue weighted by molar-refractivity contribution is 6.35. The Morgan fingerprint density at radius 2 is 2.11 bits per heavy atom. The van der Waals surface area contributed by atoms with Crippen LogP contribution in [0.15, 0.2) is 42.7 Å². The van der Waals surface area contributed by atoms with Crippen molar-refractivity contribution in [3.05, 3.63) is 64.4 Å². The Labute approximate surface area is 162 Å². The second kappa shape index (κ2) is 7.18. The number of amides is 1. The fourth-order valence-electron chi connectivity index (χ4n) is 3.46. The Kier molecular flexibility index (Phi) is 4.72. The van der Waals surface area contributed by atoms with Gasteiger partial charge in [-0.15, -0.1) is 0 Å². The number of halogens is 1. The van der Waals surface area contributed by atoms with E-state index < -0.39 is 0 Å². The van der Waals surface area contributed by atoms with Crippen LogP contribution in [0, 0.1) is 12.8 Å². The molecule has 138 valence electrons. The van der Waals surface area contributed by atoms with Crippen LogP contribution in [0.5, 0.6) is 0 Å². The maximum atomic E-state index is 13.0. The van der Waals surface area contributed by atoms with E-state index in [1.54, 1.807) is 12.4 Å². The van der Waals surface area contributed by atoms with Gasteiger partial charge in [0.15, 0.2) is 0 Å². The van der Waals surface area contributed by atoms with Crippen LogP contribution in [-0.2, 0) is 6.42 Å². The molecule has 0 unspecified atom stereocenters. The van der Waals surface area contributed by atoms with E-state index in [0.29, 0.717) is 27.9 Å². The smallest absolute Gasteiger partial charge is 0.257 e. The van der Waals surface area contributed by atoms with Crippen molar-refractivity contribution in [3.63, 3.8) is 0 Å². The number of carbonyl (C=O) groups excluding carboxylic acids is 1. The molecule has 6 heteroatoms. The maximum absolute atomic E-state index is 13.0. The van der Waals surface area contributed by atoms with Crippen LogP contribution in [0.3, 0.4) is 0 Å². The van der Waals surface area contributed by atoms with Crippen molar-refractivity contribution in [3.8, 4) is 0 Å². The number of nitrogens with two attached hydrogens (primary N) is 1. The number of aryl methyl sites for hydroxylation is 1. The molecule has 27 heavy (non-hydrogen) atoms. The predicted molar refractivity (Wildman–Crippen MR) is 110 cm³/mol. The molecule has 1 amide bonds. The molecule has 0 saturated carbocycles. The Hall–Kier alpha value is -2.63. The minimum atomic E-state index is -0.231. The lowest BCUT2D eigenvalue weighted by atomic mass is 9.92. The summed E-state index contributed by atoms with van der Waals surface area (Å²) >= 11 is 6.66. The van der Waals surface area contributed by atoms with E-state index in [4.69, 9.17) is 17.3 Å². The van der Waals surface area contributed by atoms with Crippen LogP contribution >= 0.6 is 11.6 Å². The normalized spacial score (nSPS) is 14.1. The fraction of sp³-hybridized carbons (Fsp3) is 0.238. The van der Waals surface area contributed by atoms with Crippen LogP contribution in [-0.4, -0.2) is 24.0 Å². The Balaban J connectivity index is 1.69. The van der Waals surface area contributed by atoms with Gasteiger partial charge in [-0.2, -0.15) is 0 Å². The topological polar surface area (TPSA) is 80.0 Å². The molecule has 5 nitrogen and oxygen atoms in total. The van der Waals surface area contributed by atoms with Gasteiger partial charge in [0, 0.05) is 23.5 Å². The van der Waals surface area contributed by atoms with Gasteiger partial charge in [0.25, 0.3) is 5.91 Å². The third-order valence-electron chi connectivity index (χ3n) is 5.11. The van der Waals surface area contributed by atoms with Gasteiger partial charge in [-0.05, 0) is 54.9 Å². The molecule has 1 aromatic heterocycles. The molecule has 0 atom stereocenters. The minimum Gasteiger partial charge on any atom is -0.398 e. The molecule has 1 aliphatic rings. The molecule has 0 spiro atoms. The molecule has 2 heterocycles. The number of carbonyl (C=O) groups is 1. The molecular formula is C21H21ClN4O. The SMILES string of the molecule is Cc1cc(N)c(CC2CNC2)c(Cl)c1NC(=O)c1cncc2ccccc12. The summed E-state index contributed by atoms with van der Waals surface area (Å²) in [7, 11) is 0. The monoisotopic (exact) mass is 380 g/mol. The van der Waals surface area contributed by atoms with Gasteiger partial charge < -0.3 is 16.4 Å². The van der Waals surface area contributed by atoms with E-state index in [1.165, 1.54) is 0 Å². The van der Waals surface area contributed by atoms with Crippen LogP contribution in [0.25, 0.3) is 10.8 Å². The zero-order valence-electron chi connectivity index (χ0n) is 15.1. The molecular weight excluding hydrogens is 360 g/mol. The summed E-state index contributed by atoms with van der Waals surface area (Å²) < 4.78 is 0. The molecule has 0 radical (unpaired) electrons. The molecule has 2 aromatic carbocycles. The van der Waals surface area contributed by atoms with E-state index in [1.807, 2.05) is 37.3 Å². The third kappa shape index (κ3) is 3.36. The van der Waals surface area contributed by atoms with Crippen molar-refractivity contribution < 1.29 is 4.79 Å². The number of nitrogens with one attached hydrogen (secondary N) is 2. The van der Waals surface area contributed by atoms with Crippen LogP contribution in [0.1, 0.15) is 21.5 Å². The van der Waals surface area contributed by atoms with Crippen molar-refractivity contribution in [2.24, 2.45) is 5.92 Å².